The Morgan fingerprint density at radius 2 is 1.82 bits per heavy atom. The third-order valence-corrected chi connectivity index (χ3v) is 4.51. The molecule has 0 aliphatic heterocycles. The summed E-state index contributed by atoms with van der Waals surface area (Å²) in [6, 6.07) is 0. The Hall–Kier alpha value is 0.160. The van der Waals surface area contributed by atoms with E-state index in [4.69, 9.17) is 4.18 Å². The molecule has 17 heavy (non-hydrogen) atoms. The SMILES string of the molecule is CCS(=O)(=O)OC1CCC(CCNC)CC1.Cl. The van der Waals surface area contributed by atoms with Gasteiger partial charge in [0.15, 0.2) is 0 Å². The standard InChI is InChI=1S/C11H23NO3S.ClH/c1-3-16(13,14)15-11-6-4-10(5-7-11)8-9-12-2;/h10-12H,3-9H2,1-2H3;1H. The highest BCUT2D eigenvalue weighted by Crippen LogP contribution is 2.29. The Bertz CT molecular complexity index is 287. The van der Waals surface area contributed by atoms with Crippen LogP contribution in [-0.4, -0.2) is 33.9 Å². The lowest BCUT2D eigenvalue weighted by Crippen LogP contribution is -2.26. The summed E-state index contributed by atoms with van der Waals surface area (Å²) in [4.78, 5) is 0. The van der Waals surface area contributed by atoms with Gasteiger partial charge in [-0.25, -0.2) is 0 Å². The highest BCUT2D eigenvalue weighted by Gasteiger charge is 2.24. The zero-order valence-corrected chi connectivity index (χ0v) is 12.3. The Labute approximate surface area is 111 Å². The zero-order chi connectivity index (χ0) is 12.0. The Balaban J connectivity index is 0.00000256. The quantitative estimate of drug-likeness (QED) is 0.758. The molecule has 0 saturated heterocycles. The lowest BCUT2D eigenvalue weighted by atomic mass is 9.85. The summed E-state index contributed by atoms with van der Waals surface area (Å²) in [5.74, 6) is 0.809. The topological polar surface area (TPSA) is 55.4 Å². The number of halogens is 1. The van der Waals surface area contributed by atoms with Crippen molar-refractivity contribution in [3.8, 4) is 0 Å². The minimum atomic E-state index is -3.27. The molecule has 1 saturated carbocycles. The molecule has 0 heterocycles. The van der Waals surface area contributed by atoms with Crippen LogP contribution in [-0.2, 0) is 14.3 Å². The van der Waals surface area contributed by atoms with E-state index < -0.39 is 10.1 Å². The molecule has 0 bridgehead atoms. The van der Waals surface area contributed by atoms with Gasteiger partial charge in [0.2, 0.25) is 0 Å². The minimum absolute atomic E-state index is 0. The van der Waals surface area contributed by atoms with Gasteiger partial charge in [0.25, 0.3) is 10.1 Å². The van der Waals surface area contributed by atoms with Crippen molar-refractivity contribution in [2.75, 3.05) is 19.3 Å². The van der Waals surface area contributed by atoms with Crippen molar-refractivity contribution in [2.45, 2.75) is 45.1 Å². The largest absolute Gasteiger partial charge is 0.320 e. The Morgan fingerprint density at radius 1 is 1.24 bits per heavy atom. The minimum Gasteiger partial charge on any atom is -0.320 e. The summed E-state index contributed by atoms with van der Waals surface area (Å²) < 4.78 is 27.7. The predicted molar refractivity (Wildman–Crippen MR) is 72.1 cm³/mol. The van der Waals surface area contributed by atoms with Crippen molar-refractivity contribution in [2.24, 2.45) is 5.92 Å². The van der Waals surface area contributed by atoms with Gasteiger partial charge in [-0.15, -0.1) is 12.4 Å². The van der Waals surface area contributed by atoms with E-state index in [1.165, 1.54) is 6.42 Å². The molecular weight excluding hydrogens is 262 g/mol. The van der Waals surface area contributed by atoms with Crippen LogP contribution < -0.4 is 5.32 Å². The summed E-state index contributed by atoms with van der Waals surface area (Å²) in [5.41, 5.74) is 0. The molecule has 4 nitrogen and oxygen atoms in total. The maximum atomic E-state index is 11.3. The molecule has 0 aromatic carbocycles. The summed E-state index contributed by atoms with van der Waals surface area (Å²) in [5, 5.41) is 3.15. The normalized spacial score (nSPS) is 25.3. The van der Waals surface area contributed by atoms with E-state index >= 15 is 0 Å². The van der Waals surface area contributed by atoms with Gasteiger partial charge in [-0.05, 0) is 58.5 Å². The van der Waals surface area contributed by atoms with Crippen molar-refractivity contribution >= 4 is 22.5 Å². The van der Waals surface area contributed by atoms with Gasteiger partial charge in [0, 0.05) is 0 Å². The maximum Gasteiger partial charge on any atom is 0.267 e. The van der Waals surface area contributed by atoms with Gasteiger partial charge in [0.1, 0.15) is 0 Å². The molecular formula is C11H24ClNO3S. The summed E-state index contributed by atoms with van der Waals surface area (Å²) in [6.07, 6.45) is 5.05. The monoisotopic (exact) mass is 285 g/mol. The lowest BCUT2D eigenvalue weighted by molar-refractivity contribution is 0.135. The molecule has 0 aromatic rings. The average Bonchev–Trinajstić information content (AvgIpc) is 2.28. The molecule has 0 radical (unpaired) electrons. The van der Waals surface area contributed by atoms with Crippen LogP contribution in [0.2, 0.25) is 0 Å². The first-order chi connectivity index (χ1) is 7.57. The fourth-order valence-electron chi connectivity index (χ4n) is 2.14. The fraction of sp³-hybridized carbons (Fsp3) is 1.00. The van der Waals surface area contributed by atoms with E-state index in [1.807, 2.05) is 7.05 Å². The number of hydrogen-bond donors (Lipinski definition) is 1. The number of nitrogens with one attached hydrogen (secondary N) is 1. The van der Waals surface area contributed by atoms with E-state index in [0.717, 1.165) is 38.1 Å². The fourth-order valence-corrected chi connectivity index (χ4v) is 2.88. The second kappa shape index (κ2) is 8.29. The molecule has 0 amide bonds. The molecule has 1 aliphatic rings. The first-order valence-electron chi connectivity index (χ1n) is 6.13. The smallest absolute Gasteiger partial charge is 0.267 e. The highest BCUT2D eigenvalue weighted by molar-refractivity contribution is 7.86. The molecule has 0 atom stereocenters. The van der Waals surface area contributed by atoms with Gasteiger partial charge < -0.3 is 5.32 Å². The second-order valence-electron chi connectivity index (χ2n) is 4.48. The summed E-state index contributed by atoms with van der Waals surface area (Å²) in [7, 11) is -1.31. The third-order valence-electron chi connectivity index (χ3n) is 3.23. The molecule has 104 valence electrons. The molecule has 0 unspecified atom stereocenters. The van der Waals surface area contributed by atoms with Crippen LogP contribution in [0.3, 0.4) is 0 Å². The van der Waals surface area contributed by atoms with Crippen molar-refractivity contribution in [1.29, 1.82) is 0 Å². The van der Waals surface area contributed by atoms with Gasteiger partial charge in [-0.3, -0.25) is 4.18 Å². The second-order valence-corrected chi connectivity index (χ2v) is 6.36. The van der Waals surface area contributed by atoms with Crippen LogP contribution in [0.15, 0.2) is 0 Å². The lowest BCUT2D eigenvalue weighted by Gasteiger charge is -2.27. The Morgan fingerprint density at radius 3 is 2.29 bits per heavy atom. The van der Waals surface area contributed by atoms with Gasteiger partial charge in [0.05, 0.1) is 11.9 Å². The van der Waals surface area contributed by atoms with Crippen molar-refractivity contribution < 1.29 is 12.6 Å². The highest BCUT2D eigenvalue weighted by atomic mass is 35.5. The van der Waals surface area contributed by atoms with Crippen LogP contribution in [0, 0.1) is 5.92 Å². The van der Waals surface area contributed by atoms with E-state index in [1.54, 1.807) is 6.92 Å². The van der Waals surface area contributed by atoms with Gasteiger partial charge in [-0.2, -0.15) is 8.42 Å². The first-order valence-corrected chi connectivity index (χ1v) is 7.70. The van der Waals surface area contributed by atoms with Crippen LogP contribution in [0.4, 0.5) is 0 Å². The van der Waals surface area contributed by atoms with E-state index in [-0.39, 0.29) is 24.3 Å². The van der Waals surface area contributed by atoms with Crippen LogP contribution in [0.1, 0.15) is 39.0 Å². The molecule has 1 N–H and O–H groups in total. The molecule has 1 fully saturated rings. The zero-order valence-electron chi connectivity index (χ0n) is 10.6. The van der Waals surface area contributed by atoms with Crippen molar-refractivity contribution in [3.05, 3.63) is 0 Å². The summed E-state index contributed by atoms with van der Waals surface area (Å²) in [6.45, 7) is 2.66. The van der Waals surface area contributed by atoms with Crippen LogP contribution in [0.25, 0.3) is 0 Å². The Kier molecular flexibility index (Phi) is 8.37. The van der Waals surface area contributed by atoms with Crippen LogP contribution in [0.5, 0.6) is 0 Å². The average molecular weight is 286 g/mol. The van der Waals surface area contributed by atoms with Gasteiger partial charge >= 0.3 is 0 Å². The van der Waals surface area contributed by atoms with Crippen LogP contribution >= 0.6 is 12.4 Å². The van der Waals surface area contributed by atoms with E-state index in [0.29, 0.717) is 0 Å². The predicted octanol–water partition coefficient (Wildman–Crippen LogP) is 1.94. The van der Waals surface area contributed by atoms with Crippen molar-refractivity contribution in [3.63, 3.8) is 0 Å². The van der Waals surface area contributed by atoms with E-state index in [2.05, 4.69) is 5.32 Å². The number of hydrogen-bond acceptors (Lipinski definition) is 4. The molecule has 0 aromatic heterocycles. The maximum absolute atomic E-state index is 11.3. The summed E-state index contributed by atoms with van der Waals surface area (Å²) >= 11 is 0. The first kappa shape index (κ1) is 17.2. The van der Waals surface area contributed by atoms with Crippen molar-refractivity contribution in [1.82, 2.24) is 5.32 Å². The molecule has 6 heteroatoms. The molecule has 1 rings (SSSR count). The van der Waals surface area contributed by atoms with E-state index in [9.17, 15) is 8.42 Å². The van der Waals surface area contributed by atoms with Gasteiger partial charge in [-0.1, -0.05) is 0 Å². The third kappa shape index (κ3) is 6.60. The number of rotatable bonds is 6. The molecule has 0 spiro atoms. The molecule has 1 aliphatic carbocycles.